The Labute approximate surface area is 197 Å². The van der Waals surface area contributed by atoms with Crippen molar-refractivity contribution in [2.75, 3.05) is 5.32 Å². The molecule has 0 saturated carbocycles. The van der Waals surface area contributed by atoms with Gasteiger partial charge in [-0.25, -0.2) is 4.98 Å². The van der Waals surface area contributed by atoms with Crippen LogP contribution in [0.2, 0.25) is 5.02 Å². The number of amides is 1. The van der Waals surface area contributed by atoms with E-state index in [0.29, 0.717) is 26.7 Å². The summed E-state index contributed by atoms with van der Waals surface area (Å²) in [6.07, 6.45) is -0.998. The number of rotatable bonds is 5. The largest absolute Gasteiger partial charge is 0.473 e. The Morgan fingerprint density at radius 1 is 1.06 bits per heavy atom. The zero-order valence-electron chi connectivity index (χ0n) is 17.4. The van der Waals surface area contributed by atoms with E-state index in [1.54, 1.807) is 55.5 Å². The molecule has 8 heteroatoms. The van der Waals surface area contributed by atoms with Crippen LogP contribution in [-0.4, -0.2) is 17.0 Å². The molecule has 164 valence electrons. The molecule has 2 heterocycles. The normalized spacial score (nSPS) is 12.1. The predicted molar refractivity (Wildman–Crippen MR) is 131 cm³/mol. The molecule has 3 aromatic carbocycles. The van der Waals surface area contributed by atoms with Gasteiger partial charge in [-0.3, -0.25) is 14.9 Å². The maximum atomic E-state index is 13.3. The zero-order valence-corrected chi connectivity index (χ0v) is 18.9. The molecular weight excluding hydrogens is 460 g/mol. The first-order chi connectivity index (χ1) is 16.0. The minimum absolute atomic E-state index is 0.0752. The van der Waals surface area contributed by atoms with Gasteiger partial charge in [-0.2, -0.15) is 0 Å². The Morgan fingerprint density at radius 3 is 2.61 bits per heavy atom. The number of carbonyl (C=O) groups is 1. The molecule has 6 nitrogen and oxygen atoms in total. The average Bonchev–Trinajstić information content (AvgIpc) is 3.23. The van der Waals surface area contributed by atoms with E-state index in [4.69, 9.17) is 20.8 Å². The standard InChI is InChI=1S/C25H17ClN2O4S/c1-14(24(30)28-25-27-18-11-5-7-13-20(18)33-25)31-23-21(29)16-9-3-6-12-19(16)32-22(23)15-8-2-4-10-17(15)26/h2-14H,1H3,(H,27,28,30). The molecule has 33 heavy (non-hydrogen) atoms. The summed E-state index contributed by atoms with van der Waals surface area (Å²) in [5.74, 6) is -0.343. The second-order valence-corrected chi connectivity index (χ2v) is 8.74. The van der Waals surface area contributed by atoms with Crippen LogP contribution in [0.15, 0.2) is 82.0 Å². The van der Waals surface area contributed by atoms with E-state index in [9.17, 15) is 9.59 Å². The van der Waals surface area contributed by atoms with Crippen molar-refractivity contribution in [2.24, 2.45) is 0 Å². The number of thiazole rings is 1. The minimum atomic E-state index is -0.998. The van der Waals surface area contributed by atoms with Gasteiger partial charge in [0.05, 0.1) is 20.6 Å². The lowest BCUT2D eigenvalue weighted by atomic mass is 10.1. The summed E-state index contributed by atoms with van der Waals surface area (Å²) in [6, 6.07) is 21.4. The molecule has 0 radical (unpaired) electrons. The van der Waals surface area contributed by atoms with Crippen LogP contribution < -0.4 is 15.5 Å². The number of nitrogens with zero attached hydrogens (tertiary/aromatic N) is 1. The molecule has 2 aromatic heterocycles. The Balaban J connectivity index is 1.51. The van der Waals surface area contributed by atoms with Gasteiger partial charge in [-0.05, 0) is 43.3 Å². The van der Waals surface area contributed by atoms with Crippen LogP contribution in [0.5, 0.6) is 5.75 Å². The van der Waals surface area contributed by atoms with E-state index in [1.165, 1.54) is 11.3 Å². The highest BCUT2D eigenvalue weighted by Gasteiger charge is 2.24. The van der Waals surface area contributed by atoms with Gasteiger partial charge < -0.3 is 9.15 Å². The summed E-state index contributed by atoms with van der Waals surface area (Å²) in [7, 11) is 0. The number of benzene rings is 3. The van der Waals surface area contributed by atoms with Gasteiger partial charge in [0.2, 0.25) is 11.2 Å². The number of anilines is 1. The summed E-state index contributed by atoms with van der Waals surface area (Å²) < 4.78 is 12.9. The van der Waals surface area contributed by atoms with E-state index in [2.05, 4.69) is 10.3 Å². The van der Waals surface area contributed by atoms with Crippen LogP contribution >= 0.6 is 22.9 Å². The van der Waals surface area contributed by atoms with Crippen molar-refractivity contribution in [1.29, 1.82) is 0 Å². The SMILES string of the molecule is CC(Oc1c(-c2ccccc2Cl)oc2ccccc2c1=O)C(=O)Nc1nc2ccccc2s1. The van der Waals surface area contributed by atoms with Crippen LogP contribution in [0.1, 0.15) is 6.92 Å². The highest BCUT2D eigenvalue weighted by molar-refractivity contribution is 7.22. The van der Waals surface area contributed by atoms with Gasteiger partial charge in [0.15, 0.2) is 17.0 Å². The van der Waals surface area contributed by atoms with Crippen molar-refractivity contribution in [2.45, 2.75) is 13.0 Å². The first kappa shape index (κ1) is 21.2. The smallest absolute Gasteiger partial charge is 0.266 e. The van der Waals surface area contributed by atoms with Gasteiger partial charge in [0.25, 0.3) is 5.91 Å². The third-order valence-electron chi connectivity index (χ3n) is 5.06. The van der Waals surface area contributed by atoms with Crippen molar-refractivity contribution in [3.63, 3.8) is 0 Å². The summed E-state index contributed by atoms with van der Waals surface area (Å²) in [5.41, 5.74) is 1.31. The monoisotopic (exact) mass is 476 g/mol. The maximum Gasteiger partial charge on any atom is 0.266 e. The highest BCUT2D eigenvalue weighted by Crippen LogP contribution is 2.35. The molecule has 0 spiro atoms. The summed E-state index contributed by atoms with van der Waals surface area (Å²) in [5, 5.41) is 3.96. The van der Waals surface area contributed by atoms with E-state index in [1.807, 2.05) is 24.3 Å². The number of hydrogen-bond donors (Lipinski definition) is 1. The molecule has 0 aliphatic carbocycles. The molecule has 0 bridgehead atoms. The number of fused-ring (bicyclic) bond motifs is 2. The Hall–Kier alpha value is -3.68. The lowest BCUT2D eigenvalue weighted by molar-refractivity contribution is -0.122. The molecular formula is C25H17ClN2O4S. The lowest BCUT2D eigenvalue weighted by Crippen LogP contribution is -2.31. The second-order valence-electron chi connectivity index (χ2n) is 7.30. The molecule has 5 aromatic rings. The quantitative estimate of drug-likeness (QED) is 0.330. The summed E-state index contributed by atoms with van der Waals surface area (Å²) in [4.78, 5) is 30.6. The van der Waals surface area contributed by atoms with Gasteiger partial charge in [0.1, 0.15) is 5.58 Å². The first-order valence-corrected chi connectivity index (χ1v) is 11.3. The fraction of sp³-hybridized carbons (Fsp3) is 0.0800. The molecule has 0 aliphatic heterocycles. The number of nitrogens with one attached hydrogen (secondary N) is 1. The van der Waals surface area contributed by atoms with Crippen molar-refractivity contribution in [3.8, 4) is 17.1 Å². The third kappa shape index (κ3) is 4.08. The zero-order chi connectivity index (χ0) is 22.9. The molecule has 0 saturated heterocycles. The average molecular weight is 477 g/mol. The summed E-state index contributed by atoms with van der Waals surface area (Å²) >= 11 is 7.74. The van der Waals surface area contributed by atoms with Crippen LogP contribution in [0.3, 0.4) is 0 Å². The molecule has 1 atom stereocenters. The lowest BCUT2D eigenvalue weighted by Gasteiger charge is -2.16. The highest BCUT2D eigenvalue weighted by atomic mass is 35.5. The molecule has 1 N–H and O–H groups in total. The first-order valence-electron chi connectivity index (χ1n) is 10.1. The number of hydrogen-bond acceptors (Lipinski definition) is 6. The fourth-order valence-corrected chi connectivity index (χ4v) is 4.51. The van der Waals surface area contributed by atoms with Crippen LogP contribution in [-0.2, 0) is 4.79 Å². The number of para-hydroxylation sites is 2. The molecule has 0 fully saturated rings. The molecule has 0 aliphatic rings. The van der Waals surface area contributed by atoms with Crippen molar-refractivity contribution in [3.05, 3.63) is 88.0 Å². The number of halogens is 1. The maximum absolute atomic E-state index is 13.3. The number of carbonyl (C=O) groups excluding carboxylic acids is 1. The Bertz CT molecular complexity index is 1530. The number of ether oxygens (including phenoxy) is 1. The molecule has 5 rings (SSSR count). The Morgan fingerprint density at radius 2 is 1.79 bits per heavy atom. The van der Waals surface area contributed by atoms with Gasteiger partial charge in [0, 0.05) is 5.56 Å². The predicted octanol–water partition coefficient (Wildman–Crippen LogP) is 6.13. The van der Waals surface area contributed by atoms with E-state index in [0.717, 1.165) is 10.2 Å². The third-order valence-corrected chi connectivity index (χ3v) is 6.34. The molecule has 1 unspecified atom stereocenters. The van der Waals surface area contributed by atoms with E-state index in [-0.39, 0.29) is 16.9 Å². The molecule has 1 amide bonds. The van der Waals surface area contributed by atoms with Gasteiger partial charge >= 0.3 is 0 Å². The van der Waals surface area contributed by atoms with Crippen molar-refractivity contribution in [1.82, 2.24) is 4.98 Å². The van der Waals surface area contributed by atoms with Crippen LogP contribution in [0.25, 0.3) is 32.5 Å². The van der Waals surface area contributed by atoms with Crippen LogP contribution in [0, 0.1) is 0 Å². The van der Waals surface area contributed by atoms with Crippen molar-refractivity contribution >= 4 is 55.2 Å². The van der Waals surface area contributed by atoms with E-state index >= 15 is 0 Å². The van der Waals surface area contributed by atoms with E-state index < -0.39 is 12.0 Å². The van der Waals surface area contributed by atoms with Gasteiger partial charge in [-0.1, -0.05) is 59.3 Å². The fourth-order valence-electron chi connectivity index (χ4n) is 3.42. The van der Waals surface area contributed by atoms with Crippen molar-refractivity contribution < 1.29 is 13.9 Å². The Kier molecular flexibility index (Phi) is 5.58. The minimum Gasteiger partial charge on any atom is -0.473 e. The topological polar surface area (TPSA) is 81.4 Å². The summed E-state index contributed by atoms with van der Waals surface area (Å²) in [6.45, 7) is 1.56. The van der Waals surface area contributed by atoms with Gasteiger partial charge in [-0.15, -0.1) is 0 Å². The van der Waals surface area contributed by atoms with Crippen LogP contribution in [0.4, 0.5) is 5.13 Å². The second kappa shape index (κ2) is 8.69. The number of aromatic nitrogens is 1.